The molecule has 0 aliphatic carbocycles. The highest BCUT2D eigenvalue weighted by atomic mass is 32.2. The molecule has 1 fully saturated rings. The lowest BCUT2D eigenvalue weighted by Gasteiger charge is -2.26. The first-order valence-corrected chi connectivity index (χ1v) is 12.2. The second kappa shape index (κ2) is 10.1. The Morgan fingerprint density at radius 2 is 1.88 bits per heavy atom. The average Bonchev–Trinajstić information content (AvgIpc) is 3.38. The molecule has 1 aromatic heterocycles. The van der Waals surface area contributed by atoms with Gasteiger partial charge in [0.2, 0.25) is 15.9 Å². The van der Waals surface area contributed by atoms with Gasteiger partial charge in [0.1, 0.15) is 18.1 Å². The fourth-order valence-electron chi connectivity index (χ4n) is 3.87. The van der Waals surface area contributed by atoms with E-state index in [-0.39, 0.29) is 10.6 Å². The minimum absolute atomic E-state index is 0.113. The number of carbonyl (C=O) groups is 1. The van der Waals surface area contributed by atoms with Crippen molar-refractivity contribution in [2.45, 2.75) is 36.6 Å². The van der Waals surface area contributed by atoms with Crippen LogP contribution in [0.4, 0.5) is 5.69 Å². The predicted octanol–water partition coefficient (Wildman–Crippen LogP) is 2.28. The number of amides is 1. The van der Waals surface area contributed by atoms with Crippen LogP contribution >= 0.6 is 0 Å². The van der Waals surface area contributed by atoms with Crippen molar-refractivity contribution in [2.24, 2.45) is 0 Å². The van der Waals surface area contributed by atoms with Crippen LogP contribution < -0.4 is 10.1 Å². The summed E-state index contributed by atoms with van der Waals surface area (Å²) in [6, 6.07) is 13.3. The summed E-state index contributed by atoms with van der Waals surface area (Å²) >= 11 is 0. The van der Waals surface area contributed by atoms with Gasteiger partial charge in [-0.15, -0.1) is 5.10 Å². The number of carbonyl (C=O) groups excluding carboxylic acids is 1. The van der Waals surface area contributed by atoms with Gasteiger partial charge >= 0.3 is 0 Å². The summed E-state index contributed by atoms with van der Waals surface area (Å²) in [6.45, 7) is 0.989. The number of nitrogens with one attached hydrogen (secondary N) is 1. The van der Waals surface area contributed by atoms with Crippen LogP contribution in [0.15, 0.2) is 59.8 Å². The van der Waals surface area contributed by atoms with Gasteiger partial charge < -0.3 is 10.1 Å². The minimum atomic E-state index is -3.67. The van der Waals surface area contributed by atoms with E-state index in [1.165, 1.54) is 34.6 Å². The van der Waals surface area contributed by atoms with Gasteiger partial charge in [-0.05, 0) is 47.0 Å². The van der Waals surface area contributed by atoms with E-state index in [1.54, 1.807) is 6.07 Å². The van der Waals surface area contributed by atoms with Crippen LogP contribution in [0.1, 0.15) is 30.9 Å². The Morgan fingerprint density at radius 1 is 1.12 bits per heavy atom. The molecule has 2 heterocycles. The van der Waals surface area contributed by atoms with Crippen molar-refractivity contribution in [1.82, 2.24) is 24.5 Å². The van der Waals surface area contributed by atoms with Crippen LogP contribution in [0, 0.1) is 0 Å². The second-order valence-electron chi connectivity index (χ2n) is 7.81. The number of benzene rings is 2. The van der Waals surface area contributed by atoms with E-state index in [0.29, 0.717) is 25.3 Å². The molecule has 0 bridgehead atoms. The molecule has 1 amide bonds. The van der Waals surface area contributed by atoms with E-state index in [0.717, 1.165) is 24.8 Å². The van der Waals surface area contributed by atoms with Crippen LogP contribution in [0.3, 0.4) is 0 Å². The van der Waals surface area contributed by atoms with E-state index in [2.05, 4.69) is 20.8 Å². The highest BCUT2D eigenvalue weighted by Gasteiger charge is 2.28. The van der Waals surface area contributed by atoms with E-state index in [9.17, 15) is 13.2 Å². The molecule has 1 N–H and O–H groups in total. The van der Waals surface area contributed by atoms with Crippen LogP contribution in [0.2, 0.25) is 0 Å². The number of rotatable bonds is 8. The first-order valence-electron chi connectivity index (χ1n) is 10.7. The molecule has 1 atom stereocenters. The fraction of sp³-hybridized carbons (Fsp3) is 0.364. The predicted molar refractivity (Wildman–Crippen MR) is 121 cm³/mol. The molecule has 1 unspecified atom stereocenters. The van der Waals surface area contributed by atoms with Crippen molar-refractivity contribution in [2.75, 3.05) is 25.5 Å². The Labute approximate surface area is 192 Å². The molecule has 174 valence electrons. The van der Waals surface area contributed by atoms with Gasteiger partial charge in [-0.1, -0.05) is 36.8 Å². The van der Waals surface area contributed by atoms with Crippen LogP contribution in [0.5, 0.6) is 5.75 Å². The van der Waals surface area contributed by atoms with Crippen molar-refractivity contribution >= 4 is 21.6 Å². The lowest BCUT2D eigenvalue weighted by molar-refractivity contribution is -0.119. The lowest BCUT2D eigenvalue weighted by Crippen LogP contribution is -2.35. The van der Waals surface area contributed by atoms with E-state index in [1.807, 2.05) is 30.3 Å². The zero-order valence-corrected chi connectivity index (χ0v) is 19.1. The lowest BCUT2D eigenvalue weighted by atomic mass is 10.1. The fourth-order valence-corrected chi connectivity index (χ4v) is 5.41. The summed E-state index contributed by atoms with van der Waals surface area (Å²) in [4.78, 5) is 13.4. The Hall–Kier alpha value is -3.31. The number of hydrogen-bond donors (Lipinski definition) is 1. The molecule has 4 rings (SSSR count). The van der Waals surface area contributed by atoms with Crippen LogP contribution in [-0.4, -0.2) is 59.0 Å². The molecule has 2 aromatic carbocycles. The number of sulfonamides is 1. The monoisotopic (exact) mass is 470 g/mol. The van der Waals surface area contributed by atoms with E-state index < -0.39 is 22.0 Å². The average molecular weight is 471 g/mol. The summed E-state index contributed by atoms with van der Waals surface area (Å²) in [6.07, 6.45) is 4.43. The highest BCUT2D eigenvalue weighted by Crippen LogP contribution is 2.31. The molecular weight excluding hydrogens is 444 g/mol. The number of ether oxygens (including phenoxy) is 1. The van der Waals surface area contributed by atoms with Gasteiger partial charge in [0.25, 0.3) is 0 Å². The largest absolute Gasteiger partial charge is 0.495 e. The summed E-state index contributed by atoms with van der Waals surface area (Å²) in [5, 5.41) is 14.0. The molecule has 1 aliphatic heterocycles. The minimum Gasteiger partial charge on any atom is -0.495 e. The van der Waals surface area contributed by atoms with Crippen molar-refractivity contribution in [1.29, 1.82) is 0 Å². The smallest absolute Gasteiger partial charge is 0.249 e. The van der Waals surface area contributed by atoms with Crippen molar-refractivity contribution in [3.63, 3.8) is 0 Å². The number of nitrogens with zero attached hydrogens (tertiary/aromatic N) is 5. The molecule has 10 nitrogen and oxygen atoms in total. The molecule has 0 radical (unpaired) electrons. The Bertz CT molecular complexity index is 1180. The third-order valence-corrected chi connectivity index (χ3v) is 7.53. The summed E-state index contributed by atoms with van der Waals surface area (Å²) in [5.74, 6) is -0.0342. The zero-order valence-electron chi connectivity index (χ0n) is 18.3. The van der Waals surface area contributed by atoms with Gasteiger partial charge in [0, 0.05) is 19.5 Å². The van der Waals surface area contributed by atoms with Gasteiger partial charge in [0.15, 0.2) is 0 Å². The molecular formula is C22H26N6O4S. The van der Waals surface area contributed by atoms with Crippen LogP contribution in [-0.2, 0) is 21.2 Å². The maximum atomic E-state index is 13.3. The Kier molecular flexibility index (Phi) is 6.99. The standard InChI is InChI=1S/C22H26N6O4S/c1-32-21-11-10-18(33(30,31)27-12-6-3-7-13-27)15-19(21)24-22(29)20(28-16-23-25-26-28)14-17-8-4-2-5-9-17/h2,4-5,8-11,15-16,20H,3,6-7,12-14H2,1H3,(H,24,29). The van der Waals surface area contributed by atoms with E-state index in [4.69, 9.17) is 4.74 Å². The normalized spacial score (nSPS) is 15.7. The molecule has 1 saturated heterocycles. The Balaban J connectivity index is 1.62. The summed E-state index contributed by atoms with van der Waals surface area (Å²) < 4.78 is 34.5. The summed E-state index contributed by atoms with van der Waals surface area (Å²) in [5.41, 5.74) is 1.20. The highest BCUT2D eigenvalue weighted by molar-refractivity contribution is 7.89. The number of anilines is 1. The van der Waals surface area contributed by atoms with Crippen molar-refractivity contribution < 1.29 is 17.9 Å². The van der Waals surface area contributed by atoms with Crippen LogP contribution in [0.25, 0.3) is 0 Å². The van der Waals surface area contributed by atoms with Gasteiger partial charge in [-0.3, -0.25) is 4.79 Å². The quantitative estimate of drug-likeness (QED) is 0.536. The maximum Gasteiger partial charge on any atom is 0.249 e. The molecule has 33 heavy (non-hydrogen) atoms. The van der Waals surface area contributed by atoms with Gasteiger partial charge in [0.05, 0.1) is 17.7 Å². The topological polar surface area (TPSA) is 119 Å². The SMILES string of the molecule is COc1ccc(S(=O)(=O)N2CCCCC2)cc1NC(=O)C(Cc1ccccc1)n1cnnn1. The third-order valence-electron chi connectivity index (χ3n) is 5.64. The maximum absolute atomic E-state index is 13.3. The summed E-state index contributed by atoms with van der Waals surface area (Å²) in [7, 11) is -2.20. The molecule has 1 aliphatic rings. The second-order valence-corrected chi connectivity index (χ2v) is 9.75. The number of tetrazole rings is 1. The van der Waals surface area contributed by atoms with Crippen molar-refractivity contribution in [3.8, 4) is 5.75 Å². The molecule has 3 aromatic rings. The number of hydrogen-bond acceptors (Lipinski definition) is 7. The molecule has 11 heteroatoms. The number of piperidine rings is 1. The van der Waals surface area contributed by atoms with Crippen molar-refractivity contribution in [3.05, 3.63) is 60.4 Å². The first kappa shape index (κ1) is 22.9. The molecule has 0 spiro atoms. The zero-order chi connectivity index (χ0) is 23.3. The number of methoxy groups -OCH3 is 1. The van der Waals surface area contributed by atoms with Gasteiger partial charge in [-0.25, -0.2) is 13.1 Å². The third kappa shape index (κ3) is 5.20. The molecule has 0 saturated carbocycles. The van der Waals surface area contributed by atoms with Gasteiger partial charge in [-0.2, -0.15) is 4.31 Å². The van der Waals surface area contributed by atoms with E-state index >= 15 is 0 Å². The number of aromatic nitrogens is 4. The Morgan fingerprint density at radius 3 is 2.55 bits per heavy atom. The first-order chi connectivity index (χ1) is 16.0.